The molecule has 1 saturated heterocycles. The highest BCUT2D eigenvalue weighted by molar-refractivity contribution is 7.12. The summed E-state index contributed by atoms with van der Waals surface area (Å²) in [6.45, 7) is 3.06. The second-order valence-electron chi connectivity index (χ2n) is 5.48. The van der Waals surface area contributed by atoms with Crippen LogP contribution in [0, 0.1) is 5.92 Å². The van der Waals surface area contributed by atoms with Crippen molar-refractivity contribution in [1.29, 1.82) is 0 Å². The summed E-state index contributed by atoms with van der Waals surface area (Å²) in [4.78, 5) is 15.4. The molecule has 2 fully saturated rings. The van der Waals surface area contributed by atoms with E-state index in [2.05, 4.69) is 10.2 Å². The summed E-state index contributed by atoms with van der Waals surface area (Å²) in [5.41, 5.74) is 0. The lowest BCUT2D eigenvalue weighted by Crippen LogP contribution is -2.40. The minimum Gasteiger partial charge on any atom is -0.335 e. The Balaban J connectivity index is 1.70. The molecule has 3 rings (SSSR count). The molecule has 0 spiro atoms. The molecular formula is C14H19ClN2OS. The maximum atomic E-state index is 12.6. The average Bonchev–Trinajstić information content (AvgIpc) is 3.18. The molecule has 1 aliphatic carbocycles. The van der Waals surface area contributed by atoms with Gasteiger partial charge in [0.25, 0.3) is 5.91 Å². The van der Waals surface area contributed by atoms with Gasteiger partial charge in [-0.1, -0.05) is 11.6 Å². The zero-order chi connectivity index (χ0) is 13.2. The monoisotopic (exact) mass is 298 g/mol. The van der Waals surface area contributed by atoms with E-state index in [-0.39, 0.29) is 5.91 Å². The third-order valence-corrected chi connectivity index (χ3v) is 5.30. The Morgan fingerprint density at radius 2 is 2.11 bits per heavy atom. The molecule has 0 atom stereocenters. The molecule has 1 aliphatic heterocycles. The number of hydrogen-bond donors (Lipinski definition) is 1. The predicted octanol–water partition coefficient (Wildman–Crippen LogP) is 3.01. The van der Waals surface area contributed by atoms with Crippen LogP contribution in [-0.4, -0.2) is 36.5 Å². The molecule has 1 saturated carbocycles. The first-order valence-corrected chi connectivity index (χ1v) is 8.26. The Morgan fingerprint density at radius 1 is 1.37 bits per heavy atom. The lowest BCUT2D eigenvalue weighted by molar-refractivity contribution is 0.0707. The van der Waals surface area contributed by atoms with Crippen molar-refractivity contribution in [2.45, 2.75) is 31.7 Å². The molecule has 1 N–H and O–H groups in total. The van der Waals surface area contributed by atoms with E-state index in [0.717, 1.165) is 32.5 Å². The lowest BCUT2D eigenvalue weighted by Gasteiger charge is -2.30. The molecule has 1 aromatic heterocycles. The molecule has 0 bridgehead atoms. The van der Waals surface area contributed by atoms with Gasteiger partial charge in [0.1, 0.15) is 4.88 Å². The molecule has 3 nitrogen and oxygen atoms in total. The number of rotatable bonds is 4. The van der Waals surface area contributed by atoms with Crippen LogP contribution in [0.2, 0.25) is 5.02 Å². The Kier molecular flexibility index (Phi) is 4.10. The zero-order valence-electron chi connectivity index (χ0n) is 10.9. The predicted molar refractivity (Wildman–Crippen MR) is 79.0 cm³/mol. The van der Waals surface area contributed by atoms with E-state index < -0.39 is 0 Å². The van der Waals surface area contributed by atoms with Crippen molar-refractivity contribution in [3.8, 4) is 0 Å². The second kappa shape index (κ2) is 5.81. The summed E-state index contributed by atoms with van der Waals surface area (Å²) in [5, 5.41) is 5.87. The van der Waals surface area contributed by atoms with Gasteiger partial charge in [-0.25, -0.2) is 0 Å². The van der Waals surface area contributed by atoms with Gasteiger partial charge < -0.3 is 10.2 Å². The molecule has 2 heterocycles. The molecular weight excluding hydrogens is 280 g/mol. The summed E-state index contributed by atoms with van der Waals surface area (Å²) in [5.74, 6) is 0.783. The number of nitrogens with zero attached hydrogens (tertiary/aromatic N) is 1. The molecule has 104 valence electrons. The standard InChI is InChI=1S/C14H19ClN2OS/c15-12-5-8-19-13(12)14(18)17(11-1-2-11)9-10-3-6-16-7-4-10/h5,8,10-11,16H,1-4,6-7,9H2. The molecule has 0 unspecified atom stereocenters. The van der Waals surface area contributed by atoms with E-state index in [9.17, 15) is 4.79 Å². The second-order valence-corrected chi connectivity index (χ2v) is 6.80. The van der Waals surface area contributed by atoms with Crippen LogP contribution in [0.4, 0.5) is 0 Å². The van der Waals surface area contributed by atoms with Gasteiger partial charge in [0.2, 0.25) is 0 Å². The maximum absolute atomic E-state index is 12.6. The van der Waals surface area contributed by atoms with Gasteiger partial charge in [0, 0.05) is 12.6 Å². The van der Waals surface area contributed by atoms with E-state index in [1.165, 1.54) is 24.2 Å². The van der Waals surface area contributed by atoms with E-state index >= 15 is 0 Å². The van der Waals surface area contributed by atoms with E-state index in [1.54, 1.807) is 0 Å². The van der Waals surface area contributed by atoms with E-state index in [0.29, 0.717) is 21.9 Å². The highest BCUT2D eigenvalue weighted by Gasteiger charge is 2.35. The van der Waals surface area contributed by atoms with E-state index in [4.69, 9.17) is 11.6 Å². The van der Waals surface area contributed by atoms with Gasteiger partial charge in [0.05, 0.1) is 5.02 Å². The minimum atomic E-state index is 0.140. The van der Waals surface area contributed by atoms with Crippen LogP contribution in [0.25, 0.3) is 0 Å². The van der Waals surface area contributed by atoms with E-state index in [1.807, 2.05) is 11.4 Å². The van der Waals surface area contributed by atoms with Crippen LogP contribution >= 0.6 is 22.9 Å². The Morgan fingerprint density at radius 3 is 2.68 bits per heavy atom. The fraction of sp³-hybridized carbons (Fsp3) is 0.643. The molecule has 1 aromatic rings. The van der Waals surface area contributed by atoms with Gasteiger partial charge >= 0.3 is 0 Å². The normalized spacial score (nSPS) is 20.5. The van der Waals surface area contributed by atoms with Gasteiger partial charge in [-0.15, -0.1) is 11.3 Å². The van der Waals surface area contributed by atoms with Crippen molar-refractivity contribution in [2.24, 2.45) is 5.92 Å². The van der Waals surface area contributed by atoms with Crippen LogP contribution in [0.15, 0.2) is 11.4 Å². The van der Waals surface area contributed by atoms with Crippen molar-refractivity contribution in [3.05, 3.63) is 21.3 Å². The maximum Gasteiger partial charge on any atom is 0.265 e. The summed E-state index contributed by atoms with van der Waals surface area (Å²) in [7, 11) is 0. The van der Waals surface area contributed by atoms with Gasteiger partial charge in [0.15, 0.2) is 0 Å². The largest absolute Gasteiger partial charge is 0.335 e. The molecule has 0 aromatic carbocycles. The van der Waals surface area contributed by atoms with Gasteiger partial charge in [-0.2, -0.15) is 0 Å². The first-order valence-electron chi connectivity index (χ1n) is 7.00. The number of piperidine rings is 1. The SMILES string of the molecule is O=C(c1sccc1Cl)N(CC1CCNCC1)C1CC1. The van der Waals surface area contributed by atoms with Crippen LogP contribution in [0.3, 0.4) is 0 Å². The van der Waals surface area contributed by atoms with Gasteiger partial charge in [-0.05, 0) is 56.1 Å². The minimum absolute atomic E-state index is 0.140. The average molecular weight is 299 g/mol. The smallest absolute Gasteiger partial charge is 0.265 e. The zero-order valence-corrected chi connectivity index (χ0v) is 12.5. The topological polar surface area (TPSA) is 32.3 Å². The van der Waals surface area contributed by atoms with Gasteiger partial charge in [-0.3, -0.25) is 4.79 Å². The Bertz CT molecular complexity index is 452. The first-order chi connectivity index (χ1) is 9.25. The van der Waals surface area contributed by atoms with Crippen molar-refractivity contribution in [1.82, 2.24) is 10.2 Å². The Hall–Kier alpha value is -0.580. The quantitative estimate of drug-likeness (QED) is 0.927. The molecule has 19 heavy (non-hydrogen) atoms. The van der Waals surface area contributed by atoms with Crippen molar-refractivity contribution in [2.75, 3.05) is 19.6 Å². The summed E-state index contributed by atoms with van der Waals surface area (Å²) >= 11 is 7.56. The van der Waals surface area contributed by atoms with Crippen LogP contribution in [0.1, 0.15) is 35.4 Å². The highest BCUT2D eigenvalue weighted by Crippen LogP contribution is 2.33. The molecule has 0 radical (unpaired) electrons. The third kappa shape index (κ3) is 3.12. The van der Waals surface area contributed by atoms with Crippen molar-refractivity contribution < 1.29 is 4.79 Å². The number of halogens is 1. The number of thiophene rings is 1. The highest BCUT2D eigenvalue weighted by atomic mass is 35.5. The van der Waals surface area contributed by atoms with Crippen LogP contribution in [-0.2, 0) is 0 Å². The van der Waals surface area contributed by atoms with Crippen LogP contribution < -0.4 is 5.32 Å². The van der Waals surface area contributed by atoms with Crippen molar-refractivity contribution in [3.63, 3.8) is 0 Å². The summed E-state index contributed by atoms with van der Waals surface area (Å²) in [6.07, 6.45) is 4.66. The molecule has 2 aliphatic rings. The number of carbonyl (C=O) groups is 1. The van der Waals surface area contributed by atoms with Crippen LogP contribution in [0.5, 0.6) is 0 Å². The first kappa shape index (κ1) is 13.4. The number of hydrogen-bond acceptors (Lipinski definition) is 3. The number of amides is 1. The molecule has 5 heteroatoms. The van der Waals surface area contributed by atoms with Crippen molar-refractivity contribution >= 4 is 28.8 Å². The summed E-state index contributed by atoms with van der Waals surface area (Å²) in [6, 6.07) is 2.27. The summed E-state index contributed by atoms with van der Waals surface area (Å²) < 4.78 is 0. The fourth-order valence-electron chi connectivity index (χ4n) is 2.70. The fourth-order valence-corrected chi connectivity index (χ4v) is 3.79. The number of nitrogens with one attached hydrogen (secondary N) is 1. The lowest BCUT2D eigenvalue weighted by atomic mass is 9.97. The number of carbonyl (C=O) groups excluding carboxylic acids is 1. The molecule has 1 amide bonds. The third-order valence-electron chi connectivity index (χ3n) is 3.97. The Labute approximate surface area is 122 Å².